The average molecular weight is 323 g/mol. The molecule has 24 heavy (non-hydrogen) atoms. The van der Waals surface area contributed by atoms with Crippen LogP contribution in [-0.2, 0) is 0 Å². The molecule has 3 aromatic rings. The molecule has 3 rings (SSSR count). The molecule has 120 valence electrons. The van der Waals surface area contributed by atoms with E-state index in [1.807, 2.05) is 6.07 Å². The summed E-state index contributed by atoms with van der Waals surface area (Å²) in [6, 6.07) is 11.4. The summed E-state index contributed by atoms with van der Waals surface area (Å²) in [7, 11) is 0. The molecule has 0 aliphatic carbocycles. The minimum atomic E-state index is -0.488. The number of fused-ring (bicyclic) bond motifs is 1. The number of rotatable bonds is 4. The van der Waals surface area contributed by atoms with Gasteiger partial charge in [-0.15, -0.1) is 0 Å². The quantitative estimate of drug-likeness (QED) is 0.452. The lowest BCUT2D eigenvalue weighted by Crippen LogP contribution is -2.20. The monoisotopic (exact) mass is 323 g/mol. The molecule has 0 spiro atoms. The average Bonchev–Trinajstić information content (AvgIpc) is 2.90. The molecule has 1 N–H and O–H groups in total. The Hall–Kier alpha value is -3.55. The molecule has 0 aliphatic heterocycles. The molecule has 2 heterocycles. The number of nitrogens with zero attached hydrogens (tertiary/aromatic N) is 4. The molecule has 0 saturated carbocycles. The number of carbonyl (C=O) groups is 1. The van der Waals surface area contributed by atoms with Crippen molar-refractivity contribution in [1.29, 1.82) is 0 Å². The highest BCUT2D eigenvalue weighted by atomic mass is 16.6. The highest BCUT2D eigenvalue weighted by molar-refractivity contribution is 5.95. The summed E-state index contributed by atoms with van der Waals surface area (Å²) in [5, 5.41) is 14.6. The zero-order chi connectivity index (χ0) is 17.1. The van der Waals surface area contributed by atoms with E-state index in [9.17, 15) is 14.9 Å². The number of hydrogen-bond acceptors (Lipinski definition) is 5. The number of hydrazone groups is 1. The first-order chi connectivity index (χ1) is 11.6. The maximum absolute atomic E-state index is 12.3. The Balaban J connectivity index is 1.79. The van der Waals surface area contributed by atoms with Gasteiger partial charge < -0.3 is 0 Å². The summed E-state index contributed by atoms with van der Waals surface area (Å²) in [5.41, 5.74) is 4.54. The van der Waals surface area contributed by atoms with Crippen LogP contribution in [0.2, 0.25) is 0 Å². The number of hydrogen-bond donors (Lipinski definition) is 1. The first-order valence-electron chi connectivity index (χ1n) is 7.08. The predicted octanol–water partition coefficient (Wildman–Crippen LogP) is 2.31. The number of aromatic nitrogens is 2. The van der Waals surface area contributed by atoms with Gasteiger partial charge in [-0.2, -0.15) is 5.10 Å². The number of benzene rings is 1. The van der Waals surface area contributed by atoms with Crippen molar-refractivity contribution < 1.29 is 9.72 Å². The molecule has 0 radical (unpaired) electrons. The third-order valence-electron chi connectivity index (χ3n) is 3.38. The van der Waals surface area contributed by atoms with Gasteiger partial charge in [0, 0.05) is 23.9 Å². The molecular weight excluding hydrogens is 310 g/mol. The minimum Gasteiger partial charge on any atom is -0.295 e. The number of pyridine rings is 1. The van der Waals surface area contributed by atoms with E-state index < -0.39 is 10.8 Å². The number of nitro benzene ring substituents is 1. The molecule has 0 fully saturated rings. The van der Waals surface area contributed by atoms with Crippen molar-refractivity contribution in [2.75, 3.05) is 0 Å². The molecule has 0 saturated heterocycles. The summed E-state index contributed by atoms with van der Waals surface area (Å²) in [4.78, 5) is 26.9. The second-order valence-corrected chi connectivity index (χ2v) is 5.03. The SMILES string of the molecule is Cc1nc2ccccn2c1C(=O)N/N=C/c1cccc([N+](=O)[O-])c1. The van der Waals surface area contributed by atoms with E-state index in [1.54, 1.807) is 41.8 Å². The Kier molecular flexibility index (Phi) is 4.02. The maximum Gasteiger partial charge on any atom is 0.290 e. The van der Waals surface area contributed by atoms with Crippen LogP contribution in [0.1, 0.15) is 21.7 Å². The van der Waals surface area contributed by atoms with Crippen LogP contribution in [0.5, 0.6) is 0 Å². The van der Waals surface area contributed by atoms with Gasteiger partial charge in [0.05, 0.1) is 16.8 Å². The van der Waals surface area contributed by atoms with Gasteiger partial charge >= 0.3 is 0 Å². The molecular formula is C16H13N5O3. The van der Waals surface area contributed by atoms with E-state index in [2.05, 4.69) is 15.5 Å². The van der Waals surface area contributed by atoms with Crippen molar-refractivity contribution in [1.82, 2.24) is 14.8 Å². The molecule has 1 aromatic carbocycles. The first-order valence-corrected chi connectivity index (χ1v) is 7.08. The highest BCUT2D eigenvalue weighted by Gasteiger charge is 2.15. The van der Waals surface area contributed by atoms with Crippen LogP contribution >= 0.6 is 0 Å². The van der Waals surface area contributed by atoms with Crippen LogP contribution in [0.25, 0.3) is 5.65 Å². The Morgan fingerprint density at radius 1 is 1.33 bits per heavy atom. The summed E-state index contributed by atoms with van der Waals surface area (Å²) < 4.78 is 1.67. The molecule has 0 aliphatic rings. The Labute approximate surface area is 136 Å². The Morgan fingerprint density at radius 3 is 2.96 bits per heavy atom. The number of aryl methyl sites for hydroxylation is 1. The summed E-state index contributed by atoms with van der Waals surface area (Å²) >= 11 is 0. The number of non-ortho nitro benzene ring substituents is 1. The van der Waals surface area contributed by atoms with Crippen LogP contribution in [0.15, 0.2) is 53.8 Å². The fourth-order valence-electron chi connectivity index (χ4n) is 2.32. The van der Waals surface area contributed by atoms with Gasteiger partial charge in [-0.25, -0.2) is 10.4 Å². The first kappa shape index (κ1) is 15.3. The molecule has 0 atom stereocenters. The van der Waals surface area contributed by atoms with Gasteiger partial charge in [-0.3, -0.25) is 19.3 Å². The summed E-state index contributed by atoms with van der Waals surface area (Å²) in [6.45, 7) is 1.74. The normalized spacial score (nSPS) is 11.0. The summed E-state index contributed by atoms with van der Waals surface area (Å²) in [5.74, 6) is -0.409. The van der Waals surface area contributed by atoms with Crippen LogP contribution in [-0.4, -0.2) is 26.4 Å². The van der Waals surface area contributed by atoms with Gasteiger partial charge in [-0.05, 0) is 19.1 Å². The van der Waals surface area contributed by atoms with Gasteiger partial charge in [0.15, 0.2) is 0 Å². The maximum atomic E-state index is 12.3. The zero-order valence-corrected chi connectivity index (χ0v) is 12.7. The molecule has 0 bridgehead atoms. The number of nitrogens with one attached hydrogen (secondary N) is 1. The fourth-order valence-corrected chi connectivity index (χ4v) is 2.32. The van der Waals surface area contributed by atoms with Crippen molar-refractivity contribution in [2.45, 2.75) is 6.92 Å². The van der Waals surface area contributed by atoms with Crippen molar-refractivity contribution in [3.63, 3.8) is 0 Å². The lowest BCUT2D eigenvalue weighted by atomic mass is 10.2. The molecule has 0 unspecified atom stereocenters. The van der Waals surface area contributed by atoms with Crippen LogP contribution in [0.4, 0.5) is 5.69 Å². The van der Waals surface area contributed by atoms with E-state index in [1.165, 1.54) is 18.3 Å². The molecule has 1 amide bonds. The largest absolute Gasteiger partial charge is 0.295 e. The number of imidazole rings is 1. The molecule has 8 nitrogen and oxygen atoms in total. The van der Waals surface area contributed by atoms with Crippen LogP contribution in [0.3, 0.4) is 0 Å². The molecule has 8 heteroatoms. The number of nitro groups is 1. The van der Waals surface area contributed by atoms with Crippen molar-refractivity contribution in [3.8, 4) is 0 Å². The smallest absolute Gasteiger partial charge is 0.290 e. The van der Waals surface area contributed by atoms with Gasteiger partial charge in [0.25, 0.3) is 11.6 Å². The Bertz CT molecular complexity index is 961. The zero-order valence-electron chi connectivity index (χ0n) is 12.7. The fraction of sp³-hybridized carbons (Fsp3) is 0.0625. The highest BCUT2D eigenvalue weighted by Crippen LogP contribution is 2.12. The van der Waals surface area contributed by atoms with Gasteiger partial charge in [-0.1, -0.05) is 18.2 Å². The lowest BCUT2D eigenvalue weighted by molar-refractivity contribution is -0.384. The third-order valence-corrected chi connectivity index (χ3v) is 3.38. The second-order valence-electron chi connectivity index (χ2n) is 5.03. The molecule has 2 aromatic heterocycles. The number of carbonyl (C=O) groups excluding carboxylic acids is 1. The van der Waals surface area contributed by atoms with Crippen molar-refractivity contribution in [2.24, 2.45) is 5.10 Å². The van der Waals surface area contributed by atoms with Gasteiger partial charge in [0.1, 0.15) is 11.3 Å². The summed E-state index contributed by atoms with van der Waals surface area (Å²) in [6.07, 6.45) is 3.10. The van der Waals surface area contributed by atoms with Crippen molar-refractivity contribution >= 4 is 23.5 Å². The standard InChI is InChI=1S/C16H13N5O3/c1-11-15(20-8-3-2-7-14(20)18-11)16(22)19-17-10-12-5-4-6-13(9-12)21(23)24/h2-10H,1H3,(H,19,22)/b17-10+. The second kappa shape index (κ2) is 6.29. The van der Waals surface area contributed by atoms with E-state index >= 15 is 0 Å². The van der Waals surface area contributed by atoms with E-state index in [4.69, 9.17) is 0 Å². The minimum absolute atomic E-state index is 0.0390. The van der Waals surface area contributed by atoms with E-state index in [-0.39, 0.29) is 5.69 Å². The Morgan fingerprint density at radius 2 is 2.17 bits per heavy atom. The number of amides is 1. The predicted molar refractivity (Wildman–Crippen MR) is 88.1 cm³/mol. The van der Waals surface area contributed by atoms with E-state index in [0.29, 0.717) is 22.6 Å². The van der Waals surface area contributed by atoms with Gasteiger partial charge in [0.2, 0.25) is 0 Å². The topological polar surface area (TPSA) is 102 Å². The van der Waals surface area contributed by atoms with Crippen LogP contribution in [0, 0.1) is 17.0 Å². The van der Waals surface area contributed by atoms with Crippen LogP contribution < -0.4 is 5.43 Å². The lowest BCUT2D eigenvalue weighted by Gasteiger charge is -2.01. The third kappa shape index (κ3) is 2.98. The van der Waals surface area contributed by atoms with Crippen molar-refractivity contribution in [3.05, 3.63) is 75.7 Å². The van der Waals surface area contributed by atoms with E-state index in [0.717, 1.165) is 0 Å².